The average Bonchev–Trinajstić information content (AvgIpc) is 3.41. The maximum atomic E-state index is 13.7. The molecule has 3 heterocycles. The molecule has 2 aliphatic rings. The van der Waals surface area contributed by atoms with Gasteiger partial charge in [0.05, 0.1) is 24.4 Å². The minimum absolute atomic E-state index is 0.0972. The number of ether oxygens (including phenoxy) is 1. The third-order valence-electron chi connectivity index (χ3n) is 6.58. The van der Waals surface area contributed by atoms with Crippen LogP contribution >= 0.6 is 0 Å². The number of pyridine rings is 1. The molecule has 3 aromatic rings. The van der Waals surface area contributed by atoms with Crippen molar-refractivity contribution in [2.45, 2.75) is 25.3 Å². The lowest BCUT2D eigenvalue weighted by Gasteiger charge is -2.26. The second-order valence-electron chi connectivity index (χ2n) is 8.94. The number of rotatable bonds is 4. The van der Waals surface area contributed by atoms with Crippen molar-refractivity contribution in [1.29, 1.82) is 0 Å². The number of aryl methyl sites for hydroxylation is 2. The molecular formula is C25H25FN6O4. The molecule has 5 rings (SSSR count). The van der Waals surface area contributed by atoms with Gasteiger partial charge >= 0.3 is 6.03 Å². The van der Waals surface area contributed by atoms with Crippen LogP contribution in [-0.2, 0) is 29.6 Å². The molecule has 0 fully saturated rings. The lowest BCUT2D eigenvalue weighted by atomic mass is 10.0. The van der Waals surface area contributed by atoms with E-state index in [-0.39, 0.29) is 19.7 Å². The van der Waals surface area contributed by atoms with E-state index in [9.17, 15) is 18.8 Å². The van der Waals surface area contributed by atoms with Crippen LogP contribution in [-0.4, -0.2) is 62.1 Å². The van der Waals surface area contributed by atoms with E-state index in [1.807, 2.05) is 19.3 Å². The van der Waals surface area contributed by atoms with Gasteiger partial charge < -0.3 is 15.4 Å². The van der Waals surface area contributed by atoms with Crippen molar-refractivity contribution in [2.24, 2.45) is 12.8 Å². The Hall–Kier alpha value is -4.28. The first kappa shape index (κ1) is 23.5. The molecule has 0 bridgehead atoms. The first-order valence-electron chi connectivity index (χ1n) is 11.6. The highest BCUT2D eigenvalue weighted by molar-refractivity contribution is 6.00. The second-order valence-corrected chi connectivity index (χ2v) is 8.94. The molecule has 1 aliphatic carbocycles. The predicted molar refractivity (Wildman–Crippen MR) is 126 cm³/mol. The number of nitrogens with zero attached hydrogens (tertiary/aromatic N) is 5. The van der Waals surface area contributed by atoms with Crippen molar-refractivity contribution < 1.29 is 23.5 Å². The van der Waals surface area contributed by atoms with Gasteiger partial charge in [0, 0.05) is 37.1 Å². The molecule has 0 radical (unpaired) electrons. The molecule has 1 atom stereocenters. The summed E-state index contributed by atoms with van der Waals surface area (Å²) >= 11 is 0. The van der Waals surface area contributed by atoms with Crippen molar-refractivity contribution in [3.05, 3.63) is 65.4 Å². The molecule has 10 nitrogen and oxygen atoms in total. The Kier molecular flexibility index (Phi) is 6.13. The van der Waals surface area contributed by atoms with Gasteiger partial charge in [-0.15, -0.1) is 0 Å². The summed E-state index contributed by atoms with van der Waals surface area (Å²) < 4.78 is 21.0. The van der Waals surface area contributed by atoms with Crippen LogP contribution in [0.25, 0.3) is 11.3 Å². The summed E-state index contributed by atoms with van der Waals surface area (Å²) in [6, 6.07) is 5.04. The van der Waals surface area contributed by atoms with Gasteiger partial charge in [-0.2, -0.15) is 5.10 Å². The molecule has 1 aromatic carbocycles. The SMILES string of the molecule is Cn1cc(-c2cc3c(cn2)[C@@H](C(=O)N(CC(=O)N2CCOc4ccc(F)cc4C2)C(N)=O)CC3)cn1. The van der Waals surface area contributed by atoms with Crippen molar-refractivity contribution in [3.8, 4) is 17.0 Å². The number of urea groups is 1. The highest BCUT2D eigenvalue weighted by Crippen LogP contribution is 2.36. The normalized spacial score (nSPS) is 16.5. The zero-order valence-corrected chi connectivity index (χ0v) is 19.7. The van der Waals surface area contributed by atoms with Crippen LogP contribution in [0.1, 0.15) is 29.0 Å². The van der Waals surface area contributed by atoms with Crippen LogP contribution in [0.3, 0.4) is 0 Å². The molecule has 2 aromatic heterocycles. The highest BCUT2D eigenvalue weighted by Gasteiger charge is 2.36. The third kappa shape index (κ3) is 4.51. The minimum atomic E-state index is -1.00. The Bertz CT molecular complexity index is 1360. The largest absolute Gasteiger partial charge is 0.491 e. The van der Waals surface area contributed by atoms with Crippen LogP contribution in [0.5, 0.6) is 5.75 Å². The second kappa shape index (κ2) is 9.40. The molecule has 0 spiro atoms. The quantitative estimate of drug-likeness (QED) is 0.594. The van der Waals surface area contributed by atoms with E-state index in [1.165, 1.54) is 23.1 Å². The molecule has 2 N–H and O–H groups in total. The fraction of sp³-hybridized carbons (Fsp3) is 0.320. The smallest absolute Gasteiger partial charge is 0.321 e. The standard InChI is InChI=1S/C25H25FN6O4/c1-30-12-17(10-29-30)21-9-15-2-4-19(20(15)11-28-21)24(34)32(25(27)35)14-23(33)31-6-7-36-22-5-3-18(26)8-16(22)13-31/h3,5,8-12,19H,2,4,6-7,13-14H2,1H3,(H2,27,35)/t19-/m0/s1. The summed E-state index contributed by atoms with van der Waals surface area (Å²) in [5.41, 5.74) is 9.33. The molecule has 0 saturated carbocycles. The molecule has 0 saturated heterocycles. The summed E-state index contributed by atoms with van der Waals surface area (Å²) in [4.78, 5) is 45.4. The molecule has 4 amide bonds. The molecule has 1 aliphatic heterocycles. The molecule has 0 unspecified atom stereocenters. The van der Waals surface area contributed by atoms with Crippen molar-refractivity contribution in [2.75, 3.05) is 19.7 Å². The summed E-state index contributed by atoms with van der Waals surface area (Å²) in [7, 11) is 1.82. The lowest BCUT2D eigenvalue weighted by Crippen LogP contribution is -2.49. The van der Waals surface area contributed by atoms with Crippen molar-refractivity contribution >= 4 is 17.8 Å². The predicted octanol–water partition coefficient (Wildman–Crippen LogP) is 1.98. The molecular weight excluding hydrogens is 467 g/mol. The average molecular weight is 493 g/mol. The van der Waals surface area contributed by atoms with Gasteiger partial charge in [-0.1, -0.05) is 0 Å². The topological polar surface area (TPSA) is 124 Å². The highest BCUT2D eigenvalue weighted by atomic mass is 19.1. The van der Waals surface area contributed by atoms with E-state index in [0.29, 0.717) is 24.2 Å². The first-order chi connectivity index (χ1) is 17.3. The van der Waals surface area contributed by atoms with Crippen LogP contribution in [0.2, 0.25) is 0 Å². The monoisotopic (exact) mass is 492 g/mol. The number of imide groups is 1. The van der Waals surface area contributed by atoms with Crippen LogP contribution in [0.15, 0.2) is 42.9 Å². The van der Waals surface area contributed by atoms with Gasteiger partial charge in [-0.05, 0) is 48.2 Å². The Balaban J connectivity index is 1.32. The number of nitrogens with two attached hydrogens (primary N) is 1. The van der Waals surface area contributed by atoms with E-state index in [0.717, 1.165) is 27.3 Å². The molecule has 11 heteroatoms. The Labute approximate surface area is 206 Å². The van der Waals surface area contributed by atoms with Crippen LogP contribution < -0.4 is 10.5 Å². The van der Waals surface area contributed by atoms with Gasteiger partial charge in [0.15, 0.2) is 0 Å². The van der Waals surface area contributed by atoms with E-state index < -0.39 is 36.1 Å². The molecule has 36 heavy (non-hydrogen) atoms. The number of amides is 4. The van der Waals surface area contributed by atoms with E-state index in [2.05, 4.69) is 10.1 Å². The Morgan fingerprint density at radius 3 is 2.81 bits per heavy atom. The number of aromatic nitrogens is 3. The van der Waals surface area contributed by atoms with E-state index in [4.69, 9.17) is 10.5 Å². The number of carbonyl (C=O) groups is 3. The first-order valence-corrected chi connectivity index (χ1v) is 11.6. The zero-order valence-electron chi connectivity index (χ0n) is 19.7. The van der Waals surface area contributed by atoms with Crippen molar-refractivity contribution in [3.63, 3.8) is 0 Å². The Morgan fingerprint density at radius 1 is 1.22 bits per heavy atom. The summed E-state index contributed by atoms with van der Waals surface area (Å²) in [5, 5.41) is 4.16. The van der Waals surface area contributed by atoms with Crippen LogP contribution in [0.4, 0.5) is 9.18 Å². The van der Waals surface area contributed by atoms with Gasteiger partial charge in [0.25, 0.3) is 0 Å². The maximum Gasteiger partial charge on any atom is 0.321 e. The summed E-state index contributed by atoms with van der Waals surface area (Å²) in [6.07, 6.45) is 6.33. The Morgan fingerprint density at radius 2 is 2.06 bits per heavy atom. The van der Waals surface area contributed by atoms with Crippen LogP contribution in [0, 0.1) is 5.82 Å². The number of hydrogen-bond donors (Lipinski definition) is 1. The van der Waals surface area contributed by atoms with Gasteiger partial charge in [0.2, 0.25) is 11.8 Å². The number of halogens is 1. The number of fused-ring (bicyclic) bond motifs is 2. The number of primary amides is 1. The number of hydrogen-bond acceptors (Lipinski definition) is 6. The fourth-order valence-corrected chi connectivity index (χ4v) is 4.72. The van der Waals surface area contributed by atoms with Gasteiger partial charge in [-0.25, -0.2) is 9.18 Å². The van der Waals surface area contributed by atoms with Crippen molar-refractivity contribution in [1.82, 2.24) is 24.6 Å². The zero-order chi connectivity index (χ0) is 25.4. The van der Waals surface area contributed by atoms with E-state index in [1.54, 1.807) is 17.1 Å². The maximum absolute atomic E-state index is 13.7. The molecule has 186 valence electrons. The number of carbonyl (C=O) groups excluding carboxylic acids is 3. The van der Waals surface area contributed by atoms with Gasteiger partial charge in [-0.3, -0.25) is 24.2 Å². The minimum Gasteiger partial charge on any atom is -0.491 e. The summed E-state index contributed by atoms with van der Waals surface area (Å²) in [5.74, 6) is -1.59. The summed E-state index contributed by atoms with van der Waals surface area (Å²) in [6.45, 7) is 0.0188. The van der Waals surface area contributed by atoms with E-state index >= 15 is 0 Å². The fourth-order valence-electron chi connectivity index (χ4n) is 4.72. The third-order valence-corrected chi connectivity index (χ3v) is 6.58. The van der Waals surface area contributed by atoms with Gasteiger partial charge in [0.1, 0.15) is 24.7 Å². The lowest BCUT2D eigenvalue weighted by molar-refractivity contribution is -0.139. The number of benzene rings is 1.